The summed E-state index contributed by atoms with van der Waals surface area (Å²) in [4.78, 5) is 8.79. The number of pyridine rings is 2. The van der Waals surface area contributed by atoms with E-state index in [4.69, 9.17) is 15.4 Å². The molecule has 1 radical (unpaired) electrons. The molecule has 3 nitrogen and oxygen atoms in total. The minimum Gasteiger partial charge on any atom is -0.500 e. The molecule has 3 aromatic heterocycles. The molecule has 0 spiro atoms. The van der Waals surface area contributed by atoms with E-state index in [1.165, 1.54) is 23.7 Å². The van der Waals surface area contributed by atoms with Crippen molar-refractivity contribution in [1.82, 2.24) is 9.97 Å². The first-order valence-corrected chi connectivity index (χ1v) is 17.1. The third-order valence-electron chi connectivity index (χ3n) is 8.92. The van der Waals surface area contributed by atoms with E-state index in [1.54, 1.807) is 24.4 Å². The molecule has 3 heterocycles. The maximum absolute atomic E-state index is 8.70. The van der Waals surface area contributed by atoms with E-state index in [0.29, 0.717) is 28.1 Å². The molecule has 0 aliphatic heterocycles. The third-order valence-corrected chi connectivity index (χ3v) is 8.92. The zero-order valence-electron chi connectivity index (χ0n) is 37.4. The second-order valence-electron chi connectivity index (χ2n) is 13.8. The number of aromatic nitrogens is 2. The zero-order chi connectivity index (χ0) is 42.6. The first-order valence-electron chi connectivity index (χ1n) is 21.1. The minimum absolute atomic E-state index is 0. The van der Waals surface area contributed by atoms with Crippen LogP contribution in [0.4, 0.5) is 0 Å². The summed E-state index contributed by atoms with van der Waals surface area (Å²) in [6.07, 6.45) is 1.48. The molecule has 0 unspecified atom stereocenters. The van der Waals surface area contributed by atoms with Gasteiger partial charge in [-0.3, -0.25) is 0 Å². The molecule has 0 atom stereocenters. The van der Waals surface area contributed by atoms with Crippen molar-refractivity contribution in [1.29, 1.82) is 0 Å². The smallest absolute Gasteiger partial charge is 0.129 e. The van der Waals surface area contributed by atoms with Gasteiger partial charge < -0.3 is 14.4 Å². The van der Waals surface area contributed by atoms with Gasteiger partial charge in [-0.25, -0.2) is 0 Å². The fourth-order valence-corrected chi connectivity index (χ4v) is 6.60. The van der Waals surface area contributed by atoms with Crippen LogP contribution in [0, 0.1) is 31.3 Å². The normalized spacial score (nSPS) is 14.4. The Balaban J connectivity index is 0.000000188. The van der Waals surface area contributed by atoms with Gasteiger partial charge >= 0.3 is 0 Å². The monoisotopic (exact) mass is 873 g/mol. The molecular formula is C49H40IrN2O-2. The van der Waals surface area contributed by atoms with Gasteiger partial charge in [0.15, 0.2) is 0 Å². The minimum atomic E-state index is -2.27. The molecule has 0 N–H and O–H groups in total. The maximum Gasteiger partial charge on any atom is 0.129 e. The summed E-state index contributed by atoms with van der Waals surface area (Å²) in [5, 5.41) is 6.62. The number of aryl methyl sites for hydroxylation is 2. The molecule has 0 bridgehead atoms. The standard InChI is InChI=1S/C30H24NO.C19H16N.Ir/c1-30(2,3)18-19-15-16-31-26(17-19)25-10-6-9-23-24-14-13-21-12-11-20-7-4-5-8-22(20)27(21)29(24)32-28(23)25;1-14-8-11-19(20-13-14)17-10-9-15(2)18(12-17)16-6-4-3-5-7-16;/h4-9,11-17H,18H2,1-3H3;3-9,11-13H,1-2H3;/q2*-1;/i18D2;1D3,2D3;. The zero-order valence-corrected chi connectivity index (χ0v) is 31.8. The molecule has 0 aliphatic carbocycles. The Bertz CT molecular complexity index is 3020. The van der Waals surface area contributed by atoms with Crippen LogP contribution in [0.5, 0.6) is 0 Å². The maximum atomic E-state index is 8.70. The summed E-state index contributed by atoms with van der Waals surface area (Å²) >= 11 is 0. The van der Waals surface area contributed by atoms with Crippen LogP contribution in [0.1, 0.15) is 48.4 Å². The fourth-order valence-electron chi connectivity index (χ4n) is 6.60. The number of fused-ring (bicyclic) bond motifs is 7. The van der Waals surface area contributed by atoms with Crippen LogP contribution in [0.3, 0.4) is 0 Å². The molecule has 0 fully saturated rings. The average molecular weight is 873 g/mol. The predicted molar refractivity (Wildman–Crippen MR) is 217 cm³/mol. The number of hydrogen-bond donors (Lipinski definition) is 0. The molecule has 0 aliphatic rings. The van der Waals surface area contributed by atoms with Gasteiger partial charge in [0.25, 0.3) is 0 Å². The number of nitrogens with zero attached hydrogens (tertiary/aromatic N) is 2. The first kappa shape index (κ1) is 27.2. The molecule has 9 rings (SSSR count). The quantitative estimate of drug-likeness (QED) is 0.131. The van der Waals surface area contributed by atoms with Crippen molar-refractivity contribution < 1.29 is 35.5 Å². The molecule has 53 heavy (non-hydrogen) atoms. The predicted octanol–water partition coefficient (Wildman–Crippen LogP) is 13.2. The van der Waals surface area contributed by atoms with Crippen LogP contribution in [-0.2, 0) is 26.5 Å². The van der Waals surface area contributed by atoms with Crippen LogP contribution in [0.15, 0.2) is 144 Å². The van der Waals surface area contributed by atoms with Crippen molar-refractivity contribution in [2.75, 3.05) is 0 Å². The Kier molecular flexibility index (Phi) is 7.66. The summed E-state index contributed by atoms with van der Waals surface area (Å²) in [7, 11) is 0. The van der Waals surface area contributed by atoms with E-state index in [1.807, 2.05) is 69.3 Å². The molecule has 0 saturated carbocycles. The van der Waals surface area contributed by atoms with Crippen molar-refractivity contribution in [3.63, 3.8) is 0 Å². The molecule has 4 heteroatoms. The summed E-state index contributed by atoms with van der Waals surface area (Å²) in [5.74, 6) is 0. The molecule has 0 amide bonds. The van der Waals surface area contributed by atoms with Gasteiger partial charge in [-0.1, -0.05) is 147 Å². The molecular weight excluding hydrogens is 825 g/mol. The van der Waals surface area contributed by atoms with Crippen LogP contribution in [0.25, 0.3) is 77.1 Å². The Hall–Kier alpha value is -5.41. The van der Waals surface area contributed by atoms with Gasteiger partial charge in [0.05, 0.1) is 5.58 Å². The van der Waals surface area contributed by atoms with Crippen LogP contribution < -0.4 is 0 Å². The van der Waals surface area contributed by atoms with Gasteiger partial charge in [0.2, 0.25) is 0 Å². The van der Waals surface area contributed by atoms with E-state index in [2.05, 4.69) is 70.6 Å². The van der Waals surface area contributed by atoms with Crippen molar-refractivity contribution >= 4 is 43.5 Å². The molecule has 9 aromatic rings. The van der Waals surface area contributed by atoms with Gasteiger partial charge in [-0.15, -0.1) is 47.5 Å². The number of rotatable bonds is 4. The van der Waals surface area contributed by atoms with E-state index in [-0.39, 0.29) is 31.2 Å². The van der Waals surface area contributed by atoms with Crippen molar-refractivity contribution in [2.24, 2.45) is 5.41 Å². The van der Waals surface area contributed by atoms with E-state index in [9.17, 15) is 0 Å². The summed E-state index contributed by atoms with van der Waals surface area (Å²) in [5.41, 5.74) is 5.90. The van der Waals surface area contributed by atoms with Gasteiger partial charge in [-0.05, 0) is 63.4 Å². The largest absolute Gasteiger partial charge is 0.500 e. The van der Waals surface area contributed by atoms with Crippen LogP contribution >= 0.6 is 0 Å². The molecule has 0 saturated heterocycles. The van der Waals surface area contributed by atoms with Gasteiger partial charge in [0, 0.05) is 54.2 Å². The van der Waals surface area contributed by atoms with E-state index >= 15 is 0 Å². The summed E-state index contributed by atoms with van der Waals surface area (Å²) in [6, 6.07) is 46.2. The second kappa shape index (κ2) is 14.9. The third kappa shape index (κ3) is 7.44. The Morgan fingerprint density at radius 3 is 2.30 bits per heavy atom. The summed E-state index contributed by atoms with van der Waals surface area (Å²) < 4.78 is 69.5. The molecule has 263 valence electrons. The Morgan fingerprint density at radius 1 is 0.717 bits per heavy atom. The van der Waals surface area contributed by atoms with E-state index in [0.717, 1.165) is 49.2 Å². The number of hydrogen-bond acceptors (Lipinski definition) is 3. The topological polar surface area (TPSA) is 38.9 Å². The van der Waals surface area contributed by atoms with E-state index < -0.39 is 25.5 Å². The van der Waals surface area contributed by atoms with Gasteiger partial charge in [0.1, 0.15) is 5.58 Å². The second-order valence-corrected chi connectivity index (χ2v) is 13.8. The van der Waals surface area contributed by atoms with Crippen LogP contribution in [0.2, 0.25) is 0 Å². The summed E-state index contributed by atoms with van der Waals surface area (Å²) in [6.45, 7) is 1.26. The average Bonchev–Trinajstić information content (AvgIpc) is 3.62. The number of benzene rings is 6. The van der Waals surface area contributed by atoms with Crippen molar-refractivity contribution in [2.45, 2.75) is 40.8 Å². The number of furan rings is 1. The first-order chi connectivity index (χ1) is 28.4. The Labute approximate surface area is 336 Å². The van der Waals surface area contributed by atoms with Gasteiger partial charge in [-0.2, -0.15) is 0 Å². The fraction of sp³-hybridized carbons (Fsp3) is 0.143. The van der Waals surface area contributed by atoms with Crippen molar-refractivity contribution in [3.05, 3.63) is 169 Å². The molecule has 6 aromatic carbocycles. The van der Waals surface area contributed by atoms with Crippen LogP contribution in [-0.4, -0.2) is 9.97 Å². The van der Waals surface area contributed by atoms with Crippen molar-refractivity contribution in [3.8, 4) is 33.6 Å². The Morgan fingerprint density at radius 2 is 1.51 bits per heavy atom. The SMILES string of the molecule is [2H]C([2H])([2H])c1ccc(-c2[c-]cc(C([2H])([2H])[2H])c(-c3ccccc3)c2)nc1.[2H]C([2H])(c1ccnc(-c2[c-]ccc3c2oc2c3ccc3ccc4ccccc4c32)c1)C(C)(C)C.[Ir].